The van der Waals surface area contributed by atoms with Crippen molar-refractivity contribution in [1.29, 1.82) is 0 Å². The Kier molecular flexibility index (Phi) is 8.40. The Labute approximate surface area is 236 Å². The summed E-state index contributed by atoms with van der Waals surface area (Å²) in [6.07, 6.45) is 0.613. The number of aliphatic hydroxyl groups is 1. The number of fused-ring (bicyclic) bond motifs is 1. The summed E-state index contributed by atoms with van der Waals surface area (Å²) in [6.45, 7) is 7.87. The van der Waals surface area contributed by atoms with Gasteiger partial charge >= 0.3 is 0 Å². The molecule has 11 heteroatoms. The van der Waals surface area contributed by atoms with E-state index in [2.05, 4.69) is 31.5 Å². The highest BCUT2D eigenvalue weighted by molar-refractivity contribution is 9.09. The molecule has 5 rings (SSSR count). The third-order valence-corrected chi connectivity index (χ3v) is 11.7. The Balaban J connectivity index is 1.43. The number of hydrogen-bond acceptors (Lipinski definition) is 7. The molecule has 4 aliphatic heterocycles. The van der Waals surface area contributed by atoms with E-state index in [0.717, 1.165) is 13.1 Å². The molecule has 4 aliphatic rings. The first kappa shape index (κ1) is 27.9. The van der Waals surface area contributed by atoms with Gasteiger partial charge in [-0.05, 0) is 24.5 Å². The second-order valence-electron chi connectivity index (χ2n) is 11.0. The molecule has 3 unspecified atom stereocenters. The van der Waals surface area contributed by atoms with E-state index in [1.807, 2.05) is 44.2 Å². The van der Waals surface area contributed by atoms with Crippen molar-refractivity contribution in [3.8, 4) is 0 Å². The van der Waals surface area contributed by atoms with Crippen LogP contribution in [0.1, 0.15) is 20.3 Å². The molecule has 0 aromatic heterocycles. The van der Waals surface area contributed by atoms with Gasteiger partial charge in [-0.2, -0.15) is 0 Å². The monoisotopic (exact) mass is 608 g/mol. The first-order chi connectivity index (χ1) is 18.3. The number of aliphatic hydroxyl groups excluding tert-OH is 1. The number of thioether (sulfide) groups is 1. The molecule has 7 atom stereocenters. The van der Waals surface area contributed by atoms with Gasteiger partial charge in [0, 0.05) is 41.9 Å². The largest absolute Gasteiger partial charge is 0.394 e. The number of likely N-dealkylation sites (tertiary alicyclic amines) is 1. The van der Waals surface area contributed by atoms with Crippen LogP contribution in [0.5, 0.6) is 0 Å². The number of morpholine rings is 1. The Morgan fingerprint density at radius 3 is 2.58 bits per heavy atom. The van der Waals surface area contributed by atoms with Crippen LogP contribution in [-0.2, 0) is 19.1 Å². The molecule has 0 aliphatic carbocycles. The number of alkyl halides is 1. The zero-order valence-corrected chi connectivity index (χ0v) is 24.2. The Hall–Kier alpha value is -1.66. The van der Waals surface area contributed by atoms with Crippen molar-refractivity contribution < 1.29 is 24.2 Å². The third-order valence-electron chi connectivity index (χ3n) is 8.46. The Bertz CT molecular complexity index is 1040. The Morgan fingerprint density at radius 1 is 1.21 bits per heavy atom. The second kappa shape index (κ2) is 11.4. The topological polar surface area (TPSA) is 111 Å². The zero-order chi connectivity index (χ0) is 27.0. The molecule has 3 amide bonds. The van der Waals surface area contributed by atoms with Gasteiger partial charge in [0.1, 0.15) is 6.04 Å². The summed E-state index contributed by atoms with van der Waals surface area (Å²) in [7, 11) is 0. The van der Waals surface area contributed by atoms with E-state index < -0.39 is 28.7 Å². The lowest BCUT2D eigenvalue weighted by molar-refractivity contribution is -0.143. The van der Waals surface area contributed by atoms with Crippen molar-refractivity contribution in [2.45, 2.75) is 47.2 Å². The summed E-state index contributed by atoms with van der Waals surface area (Å²) in [5.41, 5.74) is 0.681. The number of hydrogen-bond donors (Lipinski definition) is 3. The summed E-state index contributed by atoms with van der Waals surface area (Å²) in [5, 5.41) is 16.3. The molecule has 3 N–H and O–H groups in total. The van der Waals surface area contributed by atoms with Crippen LogP contribution < -0.4 is 10.6 Å². The summed E-state index contributed by atoms with van der Waals surface area (Å²) in [4.78, 5) is 45.6. The molecule has 1 spiro atoms. The van der Waals surface area contributed by atoms with Crippen LogP contribution in [0.2, 0.25) is 0 Å². The number of carbonyl (C=O) groups excluding carboxylic acids is 3. The molecule has 4 saturated heterocycles. The number of benzene rings is 1. The predicted molar refractivity (Wildman–Crippen MR) is 150 cm³/mol. The molecule has 38 heavy (non-hydrogen) atoms. The van der Waals surface area contributed by atoms with Gasteiger partial charge in [-0.15, -0.1) is 11.8 Å². The first-order valence-corrected chi connectivity index (χ1v) is 15.3. The number of nitrogens with zero attached hydrogens (tertiary/aromatic N) is 2. The van der Waals surface area contributed by atoms with Crippen LogP contribution >= 0.6 is 27.7 Å². The predicted octanol–water partition coefficient (Wildman–Crippen LogP) is 1.56. The smallest absolute Gasteiger partial charge is 0.244 e. The molecule has 9 nitrogen and oxygen atoms in total. The van der Waals surface area contributed by atoms with Crippen molar-refractivity contribution in [2.75, 3.05) is 51.3 Å². The van der Waals surface area contributed by atoms with Crippen molar-refractivity contribution in [2.24, 2.45) is 17.8 Å². The van der Waals surface area contributed by atoms with E-state index in [1.165, 1.54) is 0 Å². The number of amides is 3. The van der Waals surface area contributed by atoms with Crippen molar-refractivity contribution in [1.82, 2.24) is 15.1 Å². The first-order valence-electron chi connectivity index (χ1n) is 13.5. The number of rotatable bonds is 9. The van der Waals surface area contributed by atoms with Gasteiger partial charge in [0.2, 0.25) is 17.7 Å². The van der Waals surface area contributed by atoms with Gasteiger partial charge in [-0.1, -0.05) is 48.0 Å². The fraction of sp³-hybridized carbons (Fsp3) is 0.667. The standard InChI is InChI=1S/C27H37BrN4O5S/c1-16(2)19(15-33)32-23(25(35)29-8-9-31-10-12-37-13-11-31)27-14-18(28)22(38-27)20(21(27)26(32)36)24(34)30-17-6-4-3-5-7-17/h3-7,16,18-23,33H,8-15H2,1-2H3,(H,29,35)(H,30,34)/t18?,19-,20+,21-,22+,23?,27?/m0/s1. The van der Waals surface area contributed by atoms with Gasteiger partial charge in [0.15, 0.2) is 0 Å². The summed E-state index contributed by atoms with van der Waals surface area (Å²) in [6, 6.07) is 7.98. The minimum atomic E-state index is -0.756. The molecule has 2 bridgehead atoms. The minimum Gasteiger partial charge on any atom is -0.394 e. The van der Waals surface area contributed by atoms with E-state index in [4.69, 9.17) is 4.74 Å². The number of anilines is 1. The SMILES string of the molecule is CC(C)[C@H](CO)N1C(=O)[C@@H]2[C@@H](C(=O)Nc3ccccc3)[C@@H]3SC2(CC3Br)C1C(=O)NCCN1CCOCC1. The lowest BCUT2D eigenvalue weighted by Gasteiger charge is -2.38. The van der Waals surface area contributed by atoms with E-state index in [9.17, 15) is 19.5 Å². The normalized spacial score (nSPS) is 33.4. The van der Waals surface area contributed by atoms with Gasteiger partial charge in [0.25, 0.3) is 0 Å². The van der Waals surface area contributed by atoms with Crippen LogP contribution in [0.3, 0.4) is 0 Å². The summed E-state index contributed by atoms with van der Waals surface area (Å²) < 4.78 is 4.68. The van der Waals surface area contributed by atoms with Gasteiger partial charge < -0.3 is 25.4 Å². The molecule has 1 aromatic carbocycles. The maximum absolute atomic E-state index is 14.2. The van der Waals surface area contributed by atoms with Gasteiger partial charge in [0.05, 0.1) is 42.4 Å². The molecular weight excluding hydrogens is 572 g/mol. The molecule has 0 radical (unpaired) electrons. The van der Waals surface area contributed by atoms with E-state index in [1.54, 1.807) is 16.7 Å². The average Bonchev–Trinajstić information content (AvgIpc) is 3.49. The zero-order valence-electron chi connectivity index (χ0n) is 21.8. The maximum Gasteiger partial charge on any atom is 0.244 e. The summed E-state index contributed by atoms with van der Waals surface area (Å²) >= 11 is 5.40. The number of nitrogens with one attached hydrogen (secondary N) is 2. The lowest BCUT2D eigenvalue weighted by Crippen LogP contribution is -2.58. The fourth-order valence-corrected chi connectivity index (χ4v) is 10.2. The quantitative estimate of drug-likeness (QED) is 0.365. The number of ether oxygens (including phenoxy) is 1. The van der Waals surface area contributed by atoms with E-state index in [-0.39, 0.29) is 40.3 Å². The third kappa shape index (κ3) is 4.89. The highest BCUT2D eigenvalue weighted by Gasteiger charge is 2.76. The second-order valence-corrected chi connectivity index (χ2v) is 13.7. The van der Waals surface area contributed by atoms with E-state index in [0.29, 0.717) is 38.4 Å². The molecule has 208 valence electrons. The van der Waals surface area contributed by atoms with Crippen LogP contribution in [0.25, 0.3) is 0 Å². The van der Waals surface area contributed by atoms with Crippen LogP contribution in [0, 0.1) is 17.8 Å². The molecule has 4 fully saturated rings. The van der Waals surface area contributed by atoms with Crippen LogP contribution in [-0.4, -0.2) is 106 Å². The highest BCUT2D eigenvalue weighted by Crippen LogP contribution is 2.68. The molecular formula is C27H37BrN4O5S. The molecule has 1 aromatic rings. The van der Waals surface area contributed by atoms with Crippen molar-refractivity contribution in [3.63, 3.8) is 0 Å². The fourth-order valence-electron chi connectivity index (χ4n) is 6.65. The number of carbonyl (C=O) groups is 3. The number of halogens is 1. The van der Waals surface area contributed by atoms with Crippen molar-refractivity contribution in [3.05, 3.63) is 30.3 Å². The van der Waals surface area contributed by atoms with Crippen LogP contribution in [0.4, 0.5) is 5.69 Å². The van der Waals surface area contributed by atoms with E-state index >= 15 is 0 Å². The Morgan fingerprint density at radius 2 is 1.92 bits per heavy atom. The van der Waals surface area contributed by atoms with Gasteiger partial charge in [-0.3, -0.25) is 19.3 Å². The average molecular weight is 610 g/mol. The molecule has 0 saturated carbocycles. The lowest BCUT2D eigenvalue weighted by atomic mass is 9.70. The van der Waals surface area contributed by atoms with Crippen molar-refractivity contribution >= 4 is 51.1 Å². The highest BCUT2D eigenvalue weighted by atomic mass is 79.9. The minimum absolute atomic E-state index is 0.00157. The van der Waals surface area contributed by atoms with Gasteiger partial charge in [-0.25, -0.2) is 0 Å². The number of para-hydroxylation sites is 1. The van der Waals surface area contributed by atoms with Crippen LogP contribution in [0.15, 0.2) is 30.3 Å². The molecule has 4 heterocycles. The maximum atomic E-state index is 14.2. The summed E-state index contributed by atoms with van der Waals surface area (Å²) in [5.74, 6) is -1.86.